The van der Waals surface area contributed by atoms with Gasteiger partial charge in [0, 0.05) is 16.9 Å². The Bertz CT molecular complexity index is 384. The summed E-state index contributed by atoms with van der Waals surface area (Å²) in [6, 6.07) is 5.20. The van der Waals surface area contributed by atoms with E-state index in [4.69, 9.17) is 17.3 Å². The molecular formula is C11H14BrClN2O. The summed E-state index contributed by atoms with van der Waals surface area (Å²) in [4.78, 5) is 11.6. The number of nitrogens with one attached hydrogen (secondary N) is 1. The lowest BCUT2D eigenvalue weighted by atomic mass is 10.1. The minimum atomic E-state index is -0.112. The van der Waals surface area contributed by atoms with Gasteiger partial charge in [-0.05, 0) is 24.6 Å². The number of nitrogens with two attached hydrogens (primary N) is 1. The highest BCUT2D eigenvalue weighted by Crippen LogP contribution is 2.25. The van der Waals surface area contributed by atoms with Gasteiger partial charge in [-0.25, -0.2) is 0 Å². The van der Waals surface area contributed by atoms with Crippen molar-refractivity contribution in [2.75, 3.05) is 5.32 Å². The zero-order valence-electron chi connectivity index (χ0n) is 8.97. The van der Waals surface area contributed by atoms with E-state index in [1.165, 1.54) is 0 Å². The van der Waals surface area contributed by atoms with Crippen molar-refractivity contribution in [2.45, 2.75) is 25.8 Å². The zero-order valence-corrected chi connectivity index (χ0v) is 11.3. The lowest BCUT2D eigenvalue weighted by molar-refractivity contribution is -0.116. The van der Waals surface area contributed by atoms with E-state index in [1.807, 2.05) is 13.0 Å². The molecule has 1 rings (SSSR count). The first kappa shape index (κ1) is 13.5. The highest BCUT2D eigenvalue weighted by atomic mass is 79.9. The first-order chi connectivity index (χ1) is 7.52. The van der Waals surface area contributed by atoms with Crippen LogP contribution in [0.4, 0.5) is 5.69 Å². The van der Waals surface area contributed by atoms with Crippen molar-refractivity contribution < 1.29 is 4.79 Å². The van der Waals surface area contributed by atoms with Gasteiger partial charge in [0.1, 0.15) is 0 Å². The van der Waals surface area contributed by atoms with Gasteiger partial charge in [0.15, 0.2) is 0 Å². The third-order valence-corrected chi connectivity index (χ3v) is 2.98. The minimum Gasteiger partial charge on any atom is -0.327 e. The van der Waals surface area contributed by atoms with Crippen LogP contribution in [0.25, 0.3) is 0 Å². The predicted octanol–water partition coefficient (Wildman–Crippen LogP) is 3.17. The normalized spacial score (nSPS) is 12.2. The summed E-state index contributed by atoms with van der Waals surface area (Å²) in [7, 11) is 0. The summed E-state index contributed by atoms with van der Waals surface area (Å²) < 4.78 is 0.876. The van der Waals surface area contributed by atoms with E-state index < -0.39 is 0 Å². The van der Waals surface area contributed by atoms with Crippen LogP contribution in [0.15, 0.2) is 22.7 Å². The monoisotopic (exact) mass is 304 g/mol. The Kier molecular flexibility index (Phi) is 5.25. The molecule has 0 aliphatic rings. The Labute approximate surface area is 108 Å². The molecular weight excluding hydrogens is 291 g/mol. The number of benzene rings is 1. The number of carbonyl (C=O) groups excluding carboxylic acids is 1. The predicted molar refractivity (Wildman–Crippen MR) is 70.7 cm³/mol. The Hall–Kier alpha value is -0.580. The van der Waals surface area contributed by atoms with Crippen LogP contribution in [0, 0.1) is 0 Å². The highest BCUT2D eigenvalue weighted by molar-refractivity contribution is 9.10. The van der Waals surface area contributed by atoms with Crippen LogP contribution in [0.2, 0.25) is 5.02 Å². The van der Waals surface area contributed by atoms with E-state index in [-0.39, 0.29) is 11.9 Å². The molecule has 0 saturated heterocycles. The molecule has 0 spiro atoms. The van der Waals surface area contributed by atoms with E-state index >= 15 is 0 Å². The van der Waals surface area contributed by atoms with Gasteiger partial charge < -0.3 is 11.1 Å². The molecule has 0 radical (unpaired) electrons. The van der Waals surface area contributed by atoms with Gasteiger partial charge in [-0.2, -0.15) is 0 Å². The Morgan fingerprint density at radius 2 is 2.31 bits per heavy atom. The van der Waals surface area contributed by atoms with Crippen molar-refractivity contribution in [2.24, 2.45) is 5.73 Å². The first-order valence-electron chi connectivity index (χ1n) is 5.03. The van der Waals surface area contributed by atoms with Crippen LogP contribution in [0.3, 0.4) is 0 Å². The molecule has 1 atom stereocenters. The smallest absolute Gasteiger partial charge is 0.225 e. The second-order valence-electron chi connectivity index (χ2n) is 3.54. The number of rotatable bonds is 4. The van der Waals surface area contributed by atoms with E-state index in [0.29, 0.717) is 17.1 Å². The summed E-state index contributed by atoms with van der Waals surface area (Å²) >= 11 is 9.26. The number of amides is 1. The molecule has 3 nitrogen and oxygen atoms in total. The quantitative estimate of drug-likeness (QED) is 0.897. The van der Waals surface area contributed by atoms with Crippen LogP contribution in [0.5, 0.6) is 0 Å². The van der Waals surface area contributed by atoms with Crippen LogP contribution < -0.4 is 11.1 Å². The van der Waals surface area contributed by atoms with E-state index in [9.17, 15) is 4.79 Å². The molecule has 3 N–H and O–H groups in total. The highest BCUT2D eigenvalue weighted by Gasteiger charge is 2.09. The fourth-order valence-electron chi connectivity index (χ4n) is 1.17. The van der Waals surface area contributed by atoms with Crippen LogP contribution in [-0.4, -0.2) is 11.9 Å². The van der Waals surface area contributed by atoms with Crippen LogP contribution >= 0.6 is 27.5 Å². The van der Waals surface area contributed by atoms with Gasteiger partial charge >= 0.3 is 0 Å². The molecule has 0 heterocycles. The van der Waals surface area contributed by atoms with Gasteiger partial charge in [-0.3, -0.25) is 4.79 Å². The van der Waals surface area contributed by atoms with Gasteiger partial charge in [0.25, 0.3) is 0 Å². The van der Waals surface area contributed by atoms with E-state index in [2.05, 4.69) is 21.2 Å². The van der Waals surface area contributed by atoms with E-state index in [1.54, 1.807) is 12.1 Å². The first-order valence-corrected chi connectivity index (χ1v) is 6.20. The standard InChI is InChI=1S/C11H14BrClN2O/c1-2-8(14)6-11(16)15-10-4-3-7(12)5-9(10)13/h3-5,8H,2,6,14H2,1H3,(H,15,16). The van der Waals surface area contributed by atoms with Crippen molar-refractivity contribution in [1.29, 1.82) is 0 Å². The average Bonchev–Trinajstić information content (AvgIpc) is 2.22. The molecule has 16 heavy (non-hydrogen) atoms. The topological polar surface area (TPSA) is 55.1 Å². The number of anilines is 1. The van der Waals surface area contributed by atoms with Crippen LogP contribution in [0.1, 0.15) is 19.8 Å². The van der Waals surface area contributed by atoms with Gasteiger partial charge in [-0.1, -0.05) is 34.5 Å². The average molecular weight is 306 g/mol. The zero-order chi connectivity index (χ0) is 12.1. The lowest BCUT2D eigenvalue weighted by Gasteiger charge is -2.10. The molecule has 0 fully saturated rings. The van der Waals surface area contributed by atoms with Gasteiger partial charge in [0.05, 0.1) is 10.7 Å². The van der Waals surface area contributed by atoms with Gasteiger partial charge in [0.2, 0.25) is 5.91 Å². The molecule has 0 saturated carbocycles. The SMILES string of the molecule is CCC(N)CC(=O)Nc1ccc(Br)cc1Cl. The second kappa shape index (κ2) is 6.23. The Morgan fingerprint density at radius 1 is 1.62 bits per heavy atom. The largest absolute Gasteiger partial charge is 0.327 e. The van der Waals surface area contributed by atoms with Crippen molar-refractivity contribution in [3.05, 3.63) is 27.7 Å². The molecule has 5 heteroatoms. The van der Waals surface area contributed by atoms with Crippen molar-refractivity contribution in [3.63, 3.8) is 0 Å². The lowest BCUT2D eigenvalue weighted by Crippen LogP contribution is -2.26. The third kappa shape index (κ3) is 4.12. The molecule has 1 aromatic rings. The number of hydrogen-bond donors (Lipinski definition) is 2. The summed E-state index contributed by atoms with van der Waals surface area (Å²) in [5.74, 6) is -0.112. The maximum atomic E-state index is 11.6. The Balaban J connectivity index is 2.63. The molecule has 88 valence electrons. The molecule has 0 aliphatic carbocycles. The van der Waals surface area contributed by atoms with Crippen LogP contribution in [-0.2, 0) is 4.79 Å². The number of hydrogen-bond acceptors (Lipinski definition) is 2. The molecule has 0 bridgehead atoms. The van der Waals surface area contributed by atoms with Crippen molar-refractivity contribution in [1.82, 2.24) is 0 Å². The second-order valence-corrected chi connectivity index (χ2v) is 4.87. The molecule has 1 aromatic carbocycles. The summed E-state index contributed by atoms with van der Waals surface area (Å²) in [6.45, 7) is 1.95. The number of halogens is 2. The fourth-order valence-corrected chi connectivity index (χ4v) is 1.90. The Morgan fingerprint density at radius 3 is 2.88 bits per heavy atom. The maximum Gasteiger partial charge on any atom is 0.225 e. The molecule has 0 aromatic heterocycles. The summed E-state index contributed by atoms with van der Waals surface area (Å²) in [5.41, 5.74) is 6.30. The molecule has 1 amide bonds. The summed E-state index contributed by atoms with van der Waals surface area (Å²) in [5, 5.41) is 3.24. The van der Waals surface area contributed by atoms with E-state index in [0.717, 1.165) is 10.9 Å². The molecule has 0 aliphatic heterocycles. The molecule has 1 unspecified atom stereocenters. The van der Waals surface area contributed by atoms with Gasteiger partial charge in [-0.15, -0.1) is 0 Å². The van der Waals surface area contributed by atoms with Crippen molar-refractivity contribution in [3.8, 4) is 0 Å². The summed E-state index contributed by atoms with van der Waals surface area (Å²) in [6.07, 6.45) is 1.09. The van der Waals surface area contributed by atoms with Crippen molar-refractivity contribution >= 4 is 39.1 Å². The number of carbonyl (C=O) groups is 1. The minimum absolute atomic E-state index is 0.103. The maximum absolute atomic E-state index is 11.6. The third-order valence-electron chi connectivity index (χ3n) is 2.18. The fraction of sp³-hybridized carbons (Fsp3) is 0.364.